The molecule has 0 unspecified atom stereocenters. The lowest BCUT2D eigenvalue weighted by Gasteiger charge is -2.18. The summed E-state index contributed by atoms with van der Waals surface area (Å²) in [6, 6.07) is 6.89. The van der Waals surface area contributed by atoms with Crippen LogP contribution in [0.25, 0.3) is 0 Å². The summed E-state index contributed by atoms with van der Waals surface area (Å²) < 4.78 is 22.2. The summed E-state index contributed by atoms with van der Waals surface area (Å²) in [5, 5.41) is 0. The Labute approximate surface area is 112 Å². The Kier molecular flexibility index (Phi) is 3.66. The van der Waals surface area contributed by atoms with E-state index in [-0.39, 0.29) is 18.3 Å². The second-order valence-electron chi connectivity index (χ2n) is 4.64. The molecule has 0 spiro atoms. The summed E-state index contributed by atoms with van der Waals surface area (Å²) in [5.74, 6) is -0.00564. The number of benzene rings is 1. The summed E-state index contributed by atoms with van der Waals surface area (Å²) in [6.45, 7) is 1.34. The monoisotopic (exact) mass is 283 g/mol. The zero-order chi connectivity index (χ0) is 14.0. The number of anilines is 2. The van der Waals surface area contributed by atoms with Crippen LogP contribution in [0.2, 0.25) is 0 Å². The molecule has 1 heterocycles. The van der Waals surface area contributed by atoms with Crippen LogP contribution >= 0.6 is 0 Å². The molecule has 1 aromatic carbocycles. The van der Waals surface area contributed by atoms with Crippen LogP contribution in [0.1, 0.15) is 0 Å². The van der Waals surface area contributed by atoms with E-state index < -0.39 is 9.84 Å². The highest BCUT2D eigenvalue weighted by molar-refractivity contribution is 7.90. The first kappa shape index (κ1) is 13.7. The quantitative estimate of drug-likeness (QED) is 0.818. The van der Waals surface area contributed by atoms with Gasteiger partial charge in [-0.1, -0.05) is 0 Å². The number of nitrogens with two attached hydrogens (primary N) is 1. The first-order chi connectivity index (χ1) is 8.87. The number of hydrogen-bond acceptors (Lipinski definition) is 4. The van der Waals surface area contributed by atoms with Gasteiger partial charge >= 0.3 is 6.03 Å². The van der Waals surface area contributed by atoms with E-state index in [1.54, 1.807) is 34.1 Å². The second-order valence-corrected chi connectivity index (χ2v) is 6.90. The van der Waals surface area contributed by atoms with Crippen LogP contribution in [0, 0.1) is 0 Å². The Morgan fingerprint density at radius 2 is 1.84 bits per heavy atom. The lowest BCUT2D eigenvalue weighted by atomic mass is 10.2. The standard InChI is InChI=1S/C12H17N3O3S/c1-19(17,18)9-8-14-6-7-15(12(14)16)11-4-2-10(13)3-5-11/h2-5H,6-9,13H2,1H3. The molecule has 1 aliphatic rings. The summed E-state index contributed by atoms with van der Waals surface area (Å²) >= 11 is 0. The molecular formula is C12H17N3O3S. The molecule has 0 aromatic heterocycles. The third kappa shape index (κ3) is 3.37. The van der Waals surface area contributed by atoms with Crippen LogP contribution in [-0.4, -0.2) is 51.0 Å². The van der Waals surface area contributed by atoms with Gasteiger partial charge in [0, 0.05) is 37.3 Å². The Bertz CT molecular complexity index is 568. The van der Waals surface area contributed by atoms with Crippen molar-refractivity contribution in [1.82, 2.24) is 4.90 Å². The fraction of sp³-hybridized carbons (Fsp3) is 0.417. The maximum absolute atomic E-state index is 12.1. The largest absolute Gasteiger partial charge is 0.399 e. The predicted molar refractivity (Wildman–Crippen MR) is 74.9 cm³/mol. The van der Waals surface area contributed by atoms with E-state index in [1.807, 2.05) is 0 Å². The summed E-state index contributed by atoms with van der Waals surface area (Å²) in [6.07, 6.45) is 1.17. The van der Waals surface area contributed by atoms with Gasteiger partial charge < -0.3 is 10.6 Å². The summed E-state index contributed by atoms with van der Waals surface area (Å²) in [5.41, 5.74) is 7.02. The molecule has 104 valence electrons. The number of rotatable bonds is 4. The van der Waals surface area contributed by atoms with Gasteiger partial charge in [-0.15, -0.1) is 0 Å². The number of nitrogens with zero attached hydrogens (tertiary/aromatic N) is 2. The normalized spacial score (nSPS) is 16.2. The van der Waals surface area contributed by atoms with Gasteiger partial charge in [0.25, 0.3) is 0 Å². The fourth-order valence-corrected chi connectivity index (χ4v) is 2.51. The molecule has 0 bridgehead atoms. The zero-order valence-electron chi connectivity index (χ0n) is 10.7. The van der Waals surface area contributed by atoms with Crippen LogP contribution in [0.4, 0.5) is 16.2 Å². The average molecular weight is 283 g/mol. The Morgan fingerprint density at radius 3 is 2.42 bits per heavy atom. The van der Waals surface area contributed by atoms with Gasteiger partial charge in [-0.25, -0.2) is 13.2 Å². The molecule has 0 aliphatic carbocycles. The van der Waals surface area contributed by atoms with Crippen molar-refractivity contribution in [3.8, 4) is 0 Å². The van der Waals surface area contributed by atoms with E-state index in [0.29, 0.717) is 18.8 Å². The predicted octanol–water partition coefficient (Wildman–Crippen LogP) is 0.555. The number of hydrogen-bond donors (Lipinski definition) is 1. The number of carbonyl (C=O) groups is 1. The zero-order valence-corrected chi connectivity index (χ0v) is 11.6. The van der Waals surface area contributed by atoms with Crippen molar-refractivity contribution in [2.24, 2.45) is 0 Å². The number of nitrogen functional groups attached to an aromatic ring is 1. The Balaban J connectivity index is 2.03. The Morgan fingerprint density at radius 1 is 1.21 bits per heavy atom. The van der Waals surface area contributed by atoms with Gasteiger partial charge in [-0.05, 0) is 24.3 Å². The van der Waals surface area contributed by atoms with Gasteiger partial charge in [-0.3, -0.25) is 4.90 Å². The third-order valence-corrected chi connectivity index (χ3v) is 3.96. The molecule has 7 heteroatoms. The van der Waals surface area contributed by atoms with Crippen molar-refractivity contribution in [2.45, 2.75) is 0 Å². The summed E-state index contributed by atoms with van der Waals surface area (Å²) in [4.78, 5) is 15.3. The highest BCUT2D eigenvalue weighted by atomic mass is 32.2. The van der Waals surface area contributed by atoms with E-state index in [0.717, 1.165) is 5.69 Å². The molecule has 1 aliphatic heterocycles. The molecule has 2 N–H and O–H groups in total. The third-order valence-electron chi connectivity index (χ3n) is 3.03. The smallest absolute Gasteiger partial charge is 0.324 e. The second kappa shape index (κ2) is 5.08. The minimum Gasteiger partial charge on any atom is -0.399 e. The Hall–Kier alpha value is -1.76. The van der Waals surface area contributed by atoms with Gasteiger partial charge in [-0.2, -0.15) is 0 Å². The first-order valence-corrected chi connectivity index (χ1v) is 8.02. The van der Waals surface area contributed by atoms with Crippen molar-refractivity contribution in [3.05, 3.63) is 24.3 Å². The van der Waals surface area contributed by atoms with E-state index in [1.165, 1.54) is 6.26 Å². The van der Waals surface area contributed by atoms with Crippen LogP contribution < -0.4 is 10.6 Å². The van der Waals surface area contributed by atoms with Gasteiger partial charge in [0.05, 0.1) is 5.75 Å². The van der Waals surface area contributed by atoms with Crippen LogP contribution in [-0.2, 0) is 9.84 Å². The lowest BCUT2D eigenvalue weighted by molar-refractivity contribution is 0.223. The molecule has 19 heavy (non-hydrogen) atoms. The molecular weight excluding hydrogens is 266 g/mol. The van der Waals surface area contributed by atoms with E-state index in [2.05, 4.69) is 0 Å². The maximum atomic E-state index is 12.1. The van der Waals surface area contributed by atoms with Crippen molar-refractivity contribution in [1.29, 1.82) is 0 Å². The van der Waals surface area contributed by atoms with E-state index >= 15 is 0 Å². The molecule has 0 saturated carbocycles. The minimum absolute atomic E-state index is 0.00564. The van der Waals surface area contributed by atoms with Crippen LogP contribution in [0.15, 0.2) is 24.3 Å². The maximum Gasteiger partial charge on any atom is 0.324 e. The number of urea groups is 1. The van der Waals surface area contributed by atoms with E-state index in [4.69, 9.17) is 5.73 Å². The fourth-order valence-electron chi connectivity index (χ4n) is 1.96. The van der Waals surface area contributed by atoms with Gasteiger partial charge in [0.15, 0.2) is 0 Å². The first-order valence-electron chi connectivity index (χ1n) is 5.96. The summed E-state index contributed by atoms with van der Waals surface area (Å²) in [7, 11) is -3.05. The van der Waals surface area contributed by atoms with E-state index in [9.17, 15) is 13.2 Å². The molecule has 6 nitrogen and oxygen atoms in total. The van der Waals surface area contributed by atoms with Crippen molar-refractivity contribution >= 4 is 27.2 Å². The van der Waals surface area contributed by atoms with Crippen LogP contribution in [0.3, 0.4) is 0 Å². The van der Waals surface area contributed by atoms with Crippen molar-refractivity contribution < 1.29 is 13.2 Å². The molecule has 2 amide bonds. The van der Waals surface area contributed by atoms with Crippen molar-refractivity contribution in [3.63, 3.8) is 0 Å². The topological polar surface area (TPSA) is 83.7 Å². The number of amides is 2. The van der Waals surface area contributed by atoms with Crippen molar-refractivity contribution in [2.75, 3.05) is 42.3 Å². The molecule has 1 aromatic rings. The number of sulfone groups is 1. The molecule has 1 saturated heterocycles. The van der Waals surface area contributed by atoms with Gasteiger partial charge in [0.1, 0.15) is 9.84 Å². The van der Waals surface area contributed by atoms with Gasteiger partial charge in [0.2, 0.25) is 0 Å². The highest BCUT2D eigenvalue weighted by Gasteiger charge is 2.29. The molecule has 0 radical (unpaired) electrons. The van der Waals surface area contributed by atoms with Crippen LogP contribution in [0.5, 0.6) is 0 Å². The SMILES string of the molecule is CS(=O)(=O)CCN1CCN(c2ccc(N)cc2)C1=O. The minimum atomic E-state index is -3.05. The number of carbonyl (C=O) groups excluding carboxylic acids is 1. The lowest BCUT2D eigenvalue weighted by Crippen LogP contribution is -2.34. The molecule has 0 atom stereocenters. The molecule has 1 fully saturated rings. The average Bonchev–Trinajstić information content (AvgIpc) is 2.68. The molecule has 2 rings (SSSR count). The highest BCUT2D eigenvalue weighted by Crippen LogP contribution is 2.21.